The first-order valence-electron chi connectivity index (χ1n) is 5.57. The third-order valence-electron chi connectivity index (χ3n) is 2.29. The van der Waals surface area contributed by atoms with Gasteiger partial charge in [-0.25, -0.2) is 4.79 Å². The van der Waals surface area contributed by atoms with E-state index in [0.29, 0.717) is 18.7 Å². The highest BCUT2D eigenvalue weighted by Gasteiger charge is 2.13. The highest BCUT2D eigenvalue weighted by Crippen LogP contribution is 2.19. The number of esters is 1. The number of carbonyl (C=O) groups is 1. The number of hydrogen-bond donors (Lipinski definition) is 0. The second-order valence-electron chi connectivity index (χ2n) is 3.98. The van der Waals surface area contributed by atoms with Crippen LogP contribution in [0.3, 0.4) is 0 Å². The second kappa shape index (κ2) is 6.25. The maximum atomic E-state index is 11.8. The molecular formula is C13H19NO3. The Morgan fingerprint density at radius 2 is 2.06 bits per heavy atom. The van der Waals surface area contributed by atoms with Crippen molar-refractivity contribution in [3.63, 3.8) is 0 Å². The molecule has 0 aliphatic heterocycles. The summed E-state index contributed by atoms with van der Waals surface area (Å²) in [4.78, 5) is 13.8. The highest BCUT2D eigenvalue weighted by molar-refractivity contribution is 5.91. The van der Waals surface area contributed by atoms with E-state index in [0.717, 1.165) is 11.3 Å². The summed E-state index contributed by atoms with van der Waals surface area (Å²) in [6.07, 6.45) is 0. The molecule has 0 bridgehead atoms. The van der Waals surface area contributed by atoms with Gasteiger partial charge in [-0.15, -0.1) is 0 Å². The lowest BCUT2D eigenvalue weighted by Gasteiger charge is -2.14. The summed E-state index contributed by atoms with van der Waals surface area (Å²) in [7, 11) is 5.52. The highest BCUT2D eigenvalue weighted by atomic mass is 16.5. The molecule has 0 aromatic heterocycles. The van der Waals surface area contributed by atoms with Gasteiger partial charge in [0.05, 0.1) is 19.3 Å². The topological polar surface area (TPSA) is 38.8 Å². The summed E-state index contributed by atoms with van der Waals surface area (Å²) >= 11 is 0. The van der Waals surface area contributed by atoms with Gasteiger partial charge in [0.15, 0.2) is 0 Å². The molecule has 0 heterocycles. The third kappa shape index (κ3) is 3.75. The van der Waals surface area contributed by atoms with E-state index in [-0.39, 0.29) is 5.97 Å². The molecule has 0 aliphatic rings. The van der Waals surface area contributed by atoms with Crippen molar-refractivity contribution in [2.45, 2.75) is 13.5 Å². The van der Waals surface area contributed by atoms with E-state index in [1.807, 2.05) is 25.1 Å². The largest absolute Gasteiger partial charge is 0.497 e. The van der Waals surface area contributed by atoms with Crippen molar-refractivity contribution >= 4 is 5.97 Å². The first-order chi connectivity index (χ1) is 8.08. The van der Waals surface area contributed by atoms with Gasteiger partial charge in [-0.05, 0) is 44.8 Å². The van der Waals surface area contributed by atoms with Gasteiger partial charge in [0, 0.05) is 6.54 Å². The Kier molecular flexibility index (Phi) is 4.97. The van der Waals surface area contributed by atoms with Crippen molar-refractivity contribution in [2.75, 3.05) is 27.8 Å². The van der Waals surface area contributed by atoms with E-state index < -0.39 is 0 Å². The fourth-order valence-electron chi connectivity index (χ4n) is 1.58. The monoisotopic (exact) mass is 237 g/mol. The Morgan fingerprint density at radius 1 is 1.35 bits per heavy atom. The minimum atomic E-state index is -0.285. The maximum absolute atomic E-state index is 11.8. The molecule has 0 unspecified atom stereocenters. The molecule has 0 radical (unpaired) electrons. The predicted octanol–water partition coefficient (Wildman–Crippen LogP) is 1.93. The van der Waals surface area contributed by atoms with E-state index in [2.05, 4.69) is 0 Å². The first kappa shape index (κ1) is 13.5. The molecular weight excluding hydrogens is 218 g/mol. The second-order valence-corrected chi connectivity index (χ2v) is 3.98. The summed E-state index contributed by atoms with van der Waals surface area (Å²) in [5.74, 6) is 0.460. The van der Waals surface area contributed by atoms with Gasteiger partial charge >= 0.3 is 5.97 Å². The van der Waals surface area contributed by atoms with Crippen molar-refractivity contribution in [3.05, 3.63) is 29.3 Å². The van der Waals surface area contributed by atoms with Crippen molar-refractivity contribution in [2.24, 2.45) is 0 Å². The van der Waals surface area contributed by atoms with Gasteiger partial charge in [-0.2, -0.15) is 0 Å². The quantitative estimate of drug-likeness (QED) is 0.734. The van der Waals surface area contributed by atoms with Crippen LogP contribution in [0.5, 0.6) is 5.75 Å². The standard InChI is InChI=1S/C13H19NO3/c1-5-17-13(15)12-7-6-11(16-4)8-10(12)9-14(2)3/h6-8H,5,9H2,1-4H3. The van der Waals surface area contributed by atoms with E-state index in [1.54, 1.807) is 26.2 Å². The Balaban J connectivity index is 3.05. The normalized spacial score (nSPS) is 10.4. The minimum absolute atomic E-state index is 0.285. The summed E-state index contributed by atoms with van der Waals surface area (Å²) in [5.41, 5.74) is 1.51. The lowest BCUT2D eigenvalue weighted by atomic mass is 10.1. The lowest BCUT2D eigenvalue weighted by molar-refractivity contribution is 0.0524. The molecule has 4 heteroatoms. The molecule has 0 atom stereocenters. The van der Waals surface area contributed by atoms with Crippen LogP contribution in [0.4, 0.5) is 0 Å². The molecule has 0 aliphatic carbocycles. The molecule has 1 aromatic carbocycles. The van der Waals surface area contributed by atoms with Gasteiger partial charge in [-0.3, -0.25) is 0 Å². The molecule has 17 heavy (non-hydrogen) atoms. The van der Waals surface area contributed by atoms with Gasteiger partial charge < -0.3 is 14.4 Å². The van der Waals surface area contributed by atoms with Gasteiger partial charge in [0.2, 0.25) is 0 Å². The zero-order valence-corrected chi connectivity index (χ0v) is 10.8. The van der Waals surface area contributed by atoms with Crippen LogP contribution in [0.25, 0.3) is 0 Å². The molecule has 0 amide bonds. The number of hydrogen-bond acceptors (Lipinski definition) is 4. The SMILES string of the molecule is CCOC(=O)c1ccc(OC)cc1CN(C)C. The molecule has 1 rings (SSSR count). The average molecular weight is 237 g/mol. The molecule has 94 valence electrons. The van der Waals surface area contributed by atoms with Crippen LogP contribution in [-0.2, 0) is 11.3 Å². The van der Waals surface area contributed by atoms with Crippen molar-refractivity contribution in [3.8, 4) is 5.75 Å². The van der Waals surface area contributed by atoms with Crippen molar-refractivity contribution < 1.29 is 14.3 Å². The van der Waals surface area contributed by atoms with Gasteiger partial charge in [0.1, 0.15) is 5.75 Å². The number of carbonyl (C=O) groups excluding carboxylic acids is 1. The van der Waals surface area contributed by atoms with E-state index in [1.165, 1.54) is 0 Å². The number of nitrogens with zero attached hydrogens (tertiary/aromatic N) is 1. The number of benzene rings is 1. The number of rotatable bonds is 5. The Morgan fingerprint density at radius 3 is 2.59 bits per heavy atom. The minimum Gasteiger partial charge on any atom is -0.497 e. The molecule has 0 saturated carbocycles. The summed E-state index contributed by atoms with van der Waals surface area (Å²) in [5, 5.41) is 0. The van der Waals surface area contributed by atoms with E-state index in [4.69, 9.17) is 9.47 Å². The molecule has 0 spiro atoms. The summed E-state index contributed by atoms with van der Waals surface area (Å²) in [6.45, 7) is 2.85. The number of ether oxygens (including phenoxy) is 2. The van der Waals surface area contributed by atoms with Crippen LogP contribution in [0, 0.1) is 0 Å². The van der Waals surface area contributed by atoms with Crippen LogP contribution in [0.15, 0.2) is 18.2 Å². The molecule has 0 fully saturated rings. The zero-order chi connectivity index (χ0) is 12.8. The first-order valence-corrected chi connectivity index (χ1v) is 5.57. The fraction of sp³-hybridized carbons (Fsp3) is 0.462. The van der Waals surface area contributed by atoms with Crippen LogP contribution >= 0.6 is 0 Å². The Hall–Kier alpha value is -1.55. The maximum Gasteiger partial charge on any atom is 0.338 e. The molecule has 0 N–H and O–H groups in total. The lowest BCUT2D eigenvalue weighted by Crippen LogP contribution is -2.15. The number of methoxy groups -OCH3 is 1. The molecule has 0 saturated heterocycles. The molecule has 4 nitrogen and oxygen atoms in total. The third-order valence-corrected chi connectivity index (χ3v) is 2.29. The van der Waals surface area contributed by atoms with Crippen molar-refractivity contribution in [1.82, 2.24) is 4.90 Å². The smallest absolute Gasteiger partial charge is 0.338 e. The van der Waals surface area contributed by atoms with E-state index >= 15 is 0 Å². The predicted molar refractivity (Wildman–Crippen MR) is 66.3 cm³/mol. The summed E-state index contributed by atoms with van der Waals surface area (Å²) < 4.78 is 10.2. The molecule has 1 aromatic rings. The van der Waals surface area contributed by atoms with Gasteiger partial charge in [-0.1, -0.05) is 0 Å². The van der Waals surface area contributed by atoms with Crippen LogP contribution < -0.4 is 4.74 Å². The Labute approximate surface area is 102 Å². The van der Waals surface area contributed by atoms with Gasteiger partial charge in [0.25, 0.3) is 0 Å². The zero-order valence-electron chi connectivity index (χ0n) is 10.8. The average Bonchev–Trinajstić information content (AvgIpc) is 2.28. The fourth-order valence-corrected chi connectivity index (χ4v) is 1.58. The van der Waals surface area contributed by atoms with Crippen LogP contribution in [0.2, 0.25) is 0 Å². The van der Waals surface area contributed by atoms with Crippen LogP contribution in [0.1, 0.15) is 22.8 Å². The summed E-state index contributed by atoms with van der Waals surface area (Å²) in [6, 6.07) is 5.38. The van der Waals surface area contributed by atoms with Crippen molar-refractivity contribution in [1.29, 1.82) is 0 Å². The Bertz CT molecular complexity index is 388. The van der Waals surface area contributed by atoms with E-state index in [9.17, 15) is 4.79 Å². The van der Waals surface area contributed by atoms with Crippen LogP contribution in [-0.4, -0.2) is 38.7 Å².